The van der Waals surface area contributed by atoms with Gasteiger partial charge in [-0.3, -0.25) is 9.36 Å². The van der Waals surface area contributed by atoms with Gasteiger partial charge in [0, 0.05) is 18.3 Å². The number of carbonyl (C=O) groups is 1. The number of hydrogen-bond acceptors (Lipinski definition) is 3. The molecule has 1 aromatic heterocycles. The molecular weight excluding hydrogens is 294 g/mol. The second-order valence-corrected chi connectivity index (χ2v) is 5.13. The first-order valence-electron chi connectivity index (χ1n) is 7.31. The minimum absolute atomic E-state index is 0.205. The van der Waals surface area contributed by atoms with Gasteiger partial charge >= 0.3 is 5.69 Å². The first-order valence-corrected chi connectivity index (χ1v) is 7.31. The zero-order chi connectivity index (χ0) is 16.4. The van der Waals surface area contributed by atoms with Crippen LogP contribution in [0.15, 0.2) is 47.3 Å². The second-order valence-electron chi connectivity index (χ2n) is 5.13. The number of anilines is 1. The molecule has 0 aliphatic rings. The van der Waals surface area contributed by atoms with Crippen LogP contribution in [0, 0.1) is 0 Å². The van der Waals surface area contributed by atoms with Crippen LogP contribution in [0.1, 0.15) is 17.3 Å². The van der Waals surface area contributed by atoms with Crippen molar-refractivity contribution in [2.75, 3.05) is 11.9 Å². The third-order valence-corrected chi connectivity index (χ3v) is 3.59. The number of benzene rings is 2. The summed E-state index contributed by atoms with van der Waals surface area (Å²) in [7, 11) is 1.68. The monoisotopic (exact) mass is 311 g/mol. The maximum Gasteiger partial charge on any atom is 0.326 e. The van der Waals surface area contributed by atoms with Crippen LogP contribution in [-0.2, 0) is 7.05 Å². The van der Waals surface area contributed by atoms with E-state index in [0.29, 0.717) is 23.4 Å². The third-order valence-electron chi connectivity index (χ3n) is 3.59. The van der Waals surface area contributed by atoms with Crippen molar-refractivity contribution in [3.05, 3.63) is 58.5 Å². The fourth-order valence-electron chi connectivity index (χ4n) is 2.38. The smallest absolute Gasteiger partial charge is 0.326 e. The van der Waals surface area contributed by atoms with Crippen molar-refractivity contribution in [1.82, 2.24) is 9.55 Å². The van der Waals surface area contributed by atoms with Crippen LogP contribution in [0.3, 0.4) is 0 Å². The highest BCUT2D eigenvalue weighted by Gasteiger charge is 2.10. The quantitative estimate of drug-likeness (QED) is 0.777. The Balaban J connectivity index is 1.81. The Morgan fingerprint density at radius 3 is 2.65 bits per heavy atom. The summed E-state index contributed by atoms with van der Waals surface area (Å²) in [5, 5.41) is 2.82. The lowest BCUT2D eigenvalue weighted by Crippen LogP contribution is -2.12. The summed E-state index contributed by atoms with van der Waals surface area (Å²) in [5.74, 6) is 0.523. The Morgan fingerprint density at radius 1 is 1.22 bits per heavy atom. The molecule has 0 aliphatic heterocycles. The van der Waals surface area contributed by atoms with E-state index in [1.54, 1.807) is 49.5 Å². The van der Waals surface area contributed by atoms with Crippen LogP contribution >= 0.6 is 0 Å². The van der Waals surface area contributed by atoms with Gasteiger partial charge in [0.2, 0.25) is 0 Å². The molecule has 6 heteroatoms. The average molecular weight is 311 g/mol. The van der Waals surface area contributed by atoms with Crippen LogP contribution in [0.5, 0.6) is 5.75 Å². The van der Waals surface area contributed by atoms with E-state index in [4.69, 9.17) is 4.74 Å². The van der Waals surface area contributed by atoms with E-state index in [2.05, 4.69) is 10.3 Å². The third kappa shape index (κ3) is 2.96. The van der Waals surface area contributed by atoms with Crippen molar-refractivity contribution < 1.29 is 9.53 Å². The van der Waals surface area contributed by atoms with Gasteiger partial charge in [0.1, 0.15) is 5.75 Å². The zero-order valence-electron chi connectivity index (χ0n) is 12.9. The number of nitrogens with one attached hydrogen (secondary N) is 2. The van der Waals surface area contributed by atoms with E-state index in [0.717, 1.165) is 11.3 Å². The zero-order valence-corrected chi connectivity index (χ0v) is 12.9. The Labute approximate surface area is 132 Å². The molecule has 2 N–H and O–H groups in total. The topological polar surface area (TPSA) is 76.1 Å². The van der Waals surface area contributed by atoms with Crippen molar-refractivity contribution >= 4 is 22.6 Å². The Bertz CT molecular complexity index is 907. The molecule has 1 amide bonds. The lowest BCUT2D eigenvalue weighted by molar-refractivity contribution is 0.102. The molecule has 118 valence electrons. The standard InChI is InChI=1S/C17H17N3O3/c1-3-23-13-7-5-12(6-8-13)18-16(21)11-4-9-15-14(10-11)19-17(22)20(15)2/h4-10H,3H2,1-2H3,(H,18,21)(H,19,22). The van der Waals surface area contributed by atoms with Crippen molar-refractivity contribution in [3.8, 4) is 5.75 Å². The number of fused-ring (bicyclic) bond motifs is 1. The molecule has 3 rings (SSSR count). The number of ether oxygens (including phenoxy) is 1. The molecule has 0 fully saturated rings. The van der Waals surface area contributed by atoms with Gasteiger partial charge in [-0.15, -0.1) is 0 Å². The van der Waals surface area contributed by atoms with Crippen molar-refractivity contribution in [2.45, 2.75) is 6.92 Å². The molecule has 0 spiro atoms. The molecule has 2 aromatic carbocycles. The van der Waals surface area contributed by atoms with E-state index in [1.165, 1.54) is 4.57 Å². The molecule has 0 unspecified atom stereocenters. The number of rotatable bonds is 4. The molecule has 0 aliphatic carbocycles. The van der Waals surface area contributed by atoms with Gasteiger partial charge in [-0.25, -0.2) is 4.79 Å². The normalized spacial score (nSPS) is 10.7. The Hall–Kier alpha value is -3.02. The number of aryl methyl sites for hydroxylation is 1. The highest BCUT2D eigenvalue weighted by Crippen LogP contribution is 2.17. The van der Waals surface area contributed by atoms with Gasteiger partial charge in [-0.2, -0.15) is 0 Å². The number of hydrogen-bond donors (Lipinski definition) is 2. The minimum Gasteiger partial charge on any atom is -0.494 e. The van der Waals surface area contributed by atoms with E-state index in [-0.39, 0.29) is 11.6 Å². The summed E-state index contributed by atoms with van der Waals surface area (Å²) in [6.07, 6.45) is 0. The molecule has 0 saturated heterocycles. The minimum atomic E-state index is -0.235. The van der Waals surface area contributed by atoms with Gasteiger partial charge in [0.15, 0.2) is 0 Å². The number of aromatic nitrogens is 2. The molecule has 0 atom stereocenters. The lowest BCUT2D eigenvalue weighted by atomic mass is 10.2. The lowest BCUT2D eigenvalue weighted by Gasteiger charge is -2.07. The molecule has 6 nitrogen and oxygen atoms in total. The van der Waals surface area contributed by atoms with E-state index >= 15 is 0 Å². The van der Waals surface area contributed by atoms with Crippen LogP contribution in [0.25, 0.3) is 11.0 Å². The predicted molar refractivity (Wildman–Crippen MR) is 89.1 cm³/mol. The second kappa shape index (κ2) is 6.00. The maximum absolute atomic E-state index is 12.3. The van der Waals surface area contributed by atoms with Crippen molar-refractivity contribution in [1.29, 1.82) is 0 Å². The fraction of sp³-hybridized carbons (Fsp3) is 0.176. The number of H-pyrrole nitrogens is 1. The largest absolute Gasteiger partial charge is 0.494 e. The number of amides is 1. The SMILES string of the molecule is CCOc1ccc(NC(=O)c2ccc3c(c2)[nH]c(=O)n3C)cc1. The highest BCUT2D eigenvalue weighted by atomic mass is 16.5. The number of aromatic amines is 1. The Morgan fingerprint density at radius 2 is 1.96 bits per heavy atom. The van der Waals surface area contributed by atoms with E-state index in [9.17, 15) is 9.59 Å². The number of imidazole rings is 1. The van der Waals surface area contributed by atoms with Crippen molar-refractivity contribution in [3.63, 3.8) is 0 Å². The Kier molecular flexibility index (Phi) is 3.89. The summed E-state index contributed by atoms with van der Waals surface area (Å²) >= 11 is 0. The molecule has 23 heavy (non-hydrogen) atoms. The predicted octanol–water partition coefficient (Wildman–Crippen LogP) is 2.52. The van der Waals surface area contributed by atoms with Crippen molar-refractivity contribution in [2.24, 2.45) is 7.05 Å². The van der Waals surface area contributed by atoms with Gasteiger partial charge < -0.3 is 15.0 Å². The van der Waals surface area contributed by atoms with E-state index < -0.39 is 0 Å². The number of carbonyl (C=O) groups excluding carboxylic acids is 1. The maximum atomic E-state index is 12.3. The fourth-order valence-corrected chi connectivity index (χ4v) is 2.38. The highest BCUT2D eigenvalue weighted by molar-refractivity contribution is 6.05. The van der Waals surface area contributed by atoms with E-state index in [1.807, 2.05) is 6.92 Å². The average Bonchev–Trinajstić information content (AvgIpc) is 2.83. The van der Waals surface area contributed by atoms with Gasteiger partial charge in [0.25, 0.3) is 5.91 Å². The van der Waals surface area contributed by atoms with Gasteiger partial charge in [-0.05, 0) is 49.4 Å². The summed E-state index contributed by atoms with van der Waals surface area (Å²) in [6.45, 7) is 2.51. The summed E-state index contributed by atoms with van der Waals surface area (Å²) in [5.41, 5.74) is 2.35. The molecular formula is C17H17N3O3. The van der Waals surface area contributed by atoms with Gasteiger partial charge in [-0.1, -0.05) is 0 Å². The first kappa shape index (κ1) is 14.9. The molecule has 1 heterocycles. The molecule has 0 saturated carbocycles. The molecule has 3 aromatic rings. The first-order chi connectivity index (χ1) is 11.1. The van der Waals surface area contributed by atoms with Crippen LogP contribution in [0.4, 0.5) is 5.69 Å². The van der Waals surface area contributed by atoms with Gasteiger partial charge in [0.05, 0.1) is 17.6 Å². The molecule has 0 radical (unpaired) electrons. The summed E-state index contributed by atoms with van der Waals surface area (Å²) in [6, 6.07) is 12.3. The summed E-state index contributed by atoms with van der Waals surface area (Å²) in [4.78, 5) is 26.6. The van der Waals surface area contributed by atoms with Crippen LogP contribution in [-0.4, -0.2) is 22.1 Å². The summed E-state index contributed by atoms with van der Waals surface area (Å²) < 4.78 is 6.87. The molecule has 0 bridgehead atoms. The van der Waals surface area contributed by atoms with Crippen LogP contribution in [0.2, 0.25) is 0 Å². The van der Waals surface area contributed by atoms with Crippen LogP contribution < -0.4 is 15.7 Å². The number of nitrogens with zero attached hydrogens (tertiary/aromatic N) is 1.